The third kappa shape index (κ3) is 5.58. The maximum absolute atomic E-state index is 2.48. The Balaban J connectivity index is 0.926. The average Bonchev–Trinajstić information content (AvgIpc) is 3.47. The Morgan fingerprint density at radius 1 is 0.393 bits per heavy atom. The van der Waals surface area contributed by atoms with Crippen LogP contribution in [0.2, 0.25) is 0 Å². The molecular weight excluding hydrogens is 675 g/mol. The SMILES string of the molecule is CC1(C)c2ccccc2-c2ccc(N(c3ccc(-c4ccc(-c5ccccc5)cc4)cc3)c3ccc(-c4ccc(C56CC7CC(CC(C7)C5)C6)cc4)cc3)cc21. The van der Waals surface area contributed by atoms with E-state index in [0.717, 1.165) is 29.1 Å². The van der Waals surface area contributed by atoms with E-state index in [1.165, 1.54) is 99.8 Å². The predicted molar refractivity (Wildman–Crippen MR) is 235 cm³/mol. The average molecular weight is 724 g/mol. The van der Waals surface area contributed by atoms with E-state index in [2.05, 4.69) is 189 Å². The lowest BCUT2D eigenvalue weighted by molar-refractivity contribution is -0.00518. The minimum atomic E-state index is -0.0738. The normalized spacial score (nSPS) is 22.4. The lowest BCUT2D eigenvalue weighted by Crippen LogP contribution is -2.48. The molecule has 0 saturated heterocycles. The van der Waals surface area contributed by atoms with Gasteiger partial charge in [-0.25, -0.2) is 0 Å². The van der Waals surface area contributed by atoms with Gasteiger partial charge in [-0.05, 0) is 159 Å². The molecule has 5 aliphatic carbocycles. The second-order valence-electron chi connectivity index (χ2n) is 18.0. The van der Waals surface area contributed by atoms with Crippen LogP contribution in [0.1, 0.15) is 69.1 Å². The molecule has 7 aromatic rings. The first-order valence-electron chi connectivity index (χ1n) is 20.9. The number of hydrogen-bond donors (Lipinski definition) is 0. The Morgan fingerprint density at radius 2 is 0.804 bits per heavy atom. The van der Waals surface area contributed by atoms with Gasteiger partial charge in [0.15, 0.2) is 0 Å². The summed E-state index contributed by atoms with van der Waals surface area (Å²) < 4.78 is 0. The van der Waals surface area contributed by atoms with Crippen LogP contribution >= 0.6 is 0 Å². The van der Waals surface area contributed by atoms with Crippen LogP contribution in [0.3, 0.4) is 0 Å². The molecule has 1 nitrogen and oxygen atoms in total. The third-order valence-electron chi connectivity index (χ3n) is 14.3. The Hall–Kier alpha value is -5.66. The smallest absolute Gasteiger partial charge is 0.0465 e. The van der Waals surface area contributed by atoms with Crippen LogP contribution < -0.4 is 4.90 Å². The minimum absolute atomic E-state index is 0.0738. The molecule has 4 saturated carbocycles. The molecule has 56 heavy (non-hydrogen) atoms. The molecular formula is C55H49N. The van der Waals surface area contributed by atoms with Gasteiger partial charge in [0.25, 0.3) is 0 Å². The van der Waals surface area contributed by atoms with Gasteiger partial charge in [-0.3, -0.25) is 0 Å². The highest BCUT2D eigenvalue weighted by Gasteiger charge is 2.51. The van der Waals surface area contributed by atoms with E-state index < -0.39 is 0 Å². The van der Waals surface area contributed by atoms with Crippen molar-refractivity contribution in [1.82, 2.24) is 0 Å². The Labute approximate surface area is 332 Å². The van der Waals surface area contributed by atoms with Crippen molar-refractivity contribution >= 4 is 17.1 Å². The molecule has 0 unspecified atom stereocenters. The molecule has 0 N–H and O–H groups in total. The molecule has 0 amide bonds. The first-order chi connectivity index (χ1) is 27.4. The van der Waals surface area contributed by atoms with Gasteiger partial charge in [0.05, 0.1) is 0 Å². The predicted octanol–water partition coefficient (Wildman–Crippen LogP) is 14.9. The molecule has 0 atom stereocenters. The van der Waals surface area contributed by atoms with Crippen LogP contribution in [0, 0.1) is 17.8 Å². The van der Waals surface area contributed by atoms with E-state index in [0.29, 0.717) is 5.41 Å². The van der Waals surface area contributed by atoms with E-state index >= 15 is 0 Å². The highest BCUT2D eigenvalue weighted by Crippen LogP contribution is 2.61. The Morgan fingerprint density at radius 3 is 1.34 bits per heavy atom. The highest BCUT2D eigenvalue weighted by molar-refractivity contribution is 5.86. The summed E-state index contributed by atoms with van der Waals surface area (Å²) in [7, 11) is 0. The monoisotopic (exact) mass is 723 g/mol. The van der Waals surface area contributed by atoms with E-state index in [1.807, 2.05) is 0 Å². The zero-order chi connectivity index (χ0) is 37.4. The molecule has 0 heterocycles. The molecule has 0 aromatic heterocycles. The van der Waals surface area contributed by atoms with Crippen molar-refractivity contribution in [3.63, 3.8) is 0 Å². The fourth-order valence-corrected chi connectivity index (χ4v) is 11.9. The lowest BCUT2D eigenvalue weighted by Gasteiger charge is -2.57. The maximum Gasteiger partial charge on any atom is 0.0465 e. The second kappa shape index (κ2) is 13.0. The number of anilines is 3. The van der Waals surface area contributed by atoms with E-state index in [9.17, 15) is 0 Å². The van der Waals surface area contributed by atoms with Crippen molar-refractivity contribution in [2.24, 2.45) is 17.8 Å². The molecule has 274 valence electrons. The number of fused-ring (bicyclic) bond motifs is 3. The molecule has 4 bridgehead atoms. The number of rotatable bonds is 7. The number of hydrogen-bond acceptors (Lipinski definition) is 1. The summed E-state index contributed by atoms with van der Waals surface area (Å²) in [5.41, 5.74) is 18.4. The molecule has 5 aliphatic rings. The Kier molecular flexibility index (Phi) is 7.79. The summed E-state index contributed by atoms with van der Waals surface area (Å²) in [5.74, 6) is 2.89. The summed E-state index contributed by atoms with van der Waals surface area (Å²) in [6.07, 6.45) is 8.71. The van der Waals surface area contributed by atoms with Gasteiger partial charge in [0, 0.05) is 22.5 Å². The first kappa shape index (κ1) is 33.7. The molecule has 0 aliphatic heterocycles. The van der Waals surface area contributed by atoms with Gasteiger partial charge in [-0.15, -0.1) is 0 Å². The summed E-state index contributed by atoms with van der Waals surface area (Å²) in [5, 5.41) is 0. The van der Waals surface area contributed by atoms with Crippen molar-refractivity contribution in [1.29, 1.82) is 0 Å². The van der Waals surface area contributed by atoms with Crippen molar-refractivity contribution < 1.29 is 0 Å². The van der Waals surface area contributed by atoms with Crippen LogP contribution in [0.15, 0.2) is 170 Å². The first-order valence-corrected chi connectivity index (χ1v) is 20.9. The van der Waals surface area contributed by atoms with Crippen LogP contribution in [-0.2, 0) is 10.8 Å². The van der Waals surface area contributed by atoms with Crippen LogP contribution in [0.4, 0.5) is 17.1 Å². The topological polar surface area (TPSA) is 3.24 Å². The minimum Gasteiger partial charge on any atom is -0.310 e. The summed E-state index contributed by atoms with van der Waals surface area (Å²) in [6.45, 7) is 4.74. The van der Waals surface area contributed by atoms with Gasteiger partial charge in [-0.2, -0.15) is 0 Å². The highest BCUT2D eigenvalue weighted by atomic mass is 15.1. The zero-order valence-electron chi connectivity index (χ0n) is 32.6. The number of nitrogens with zero attached hydrogens (tertiary/aromatic N) is 1. The van der Waals surface area contributed by atoms with E-state index in [-0.39, 0.29) is 5.41 Å². The van der Waals surface area contributed by atoms with E-state index in [1.54, 1.807) is 5.56 Å². The second-order valence-corrected chi connectivity index (χ2v) is 18.0. The van der Waals surface area contributed by atoms with Crippen LogP contribution in [0.5, 0.6) is 0 Å². The molecule has 7 aromatic carbocycles. The summed E-state index contributed by atoms with van der Waals surface area (Å²) in [6, 6.07) is 63.7. The number of benzene rings is 7. The fraction of sp³-hybridized carbons (Fsp3) is 0.236. The maximum atomic E-state index is 2.48. The molecule has 0 radical (unpaired) electrons. The van der Waals surface area contributed by atoms with Crippen molar-refractivity contribution in [3.05, 3.63) is 187 Å². The van der Waals surface area contributed by atoms with Crippen LogP contribution in [-0.4, -0.2) is 0 Å². The summed E-state index contributed by atoms with van der Waals surface area (Å²) in [4.78, 5) is 2.43. The molecule has 12 rings (SSSR count). The van der Waals surface area contributed by atoms with Crippen molar-refractivity contribution in [2.45, 2.75) is 63.2 Å². The lowest BCUT2D eigenvalue weighted by atomic mass is 9.48. The summed E-state index contributed by atoms with van der Waals surface area (Å²) >= 11 is 0. The van der Waals surface area contributed by atoms with Crippen molar-refractivity contribution in [3.8, 4) is 44.5 Å². The van der Waals surface area contributed by atoms with Gasteiger partial charge in [0.2, 0.25) is 0 Å². The third-order valence-corrected chi connectivity index (χ3v) is 14.3. The van der Waals surface area contributed by atoms with Crippen molar-refractivity contribution in [2.75, 3.05) is 4.90 Å². The Bertz CT molecular complexity index is 2510. The fourth-order valence-electron chi connectivity index (χ4n) is 11.9. The molecule has 1 heteroatoms. The quantitative estimate of drug-likeness (QED) is 0.158. The zero-order valence-corrected chi connectivity index (χ0v) is 32.6. The largest absolute Gasteiger partial charge is 0.310 e. The molecule has 4 fully saturated rings. The van der Waals surface area contributed by atoms with E-state index in [4.69, 9.17) is 0 Å². The standard InChI is InChI=1S/C55H49N/c1-54(2)52-11-7-6-10-50(52)51-29-28-49(33-53(51)54)56(47-24-18-44(19-25-47)42-14-12-41(13-15-42)40-8-4-3-5-9-40)48-26-20-45(21-27-48)43-16-22-46(23-17-43)55-34-37-30-38(35-55)32-39(31-37)36-55/h3-29,33,37-39H,30-32,34-36H2,1-2H3. The van der Waals surface area contributed by atoms with Gasteiger partial charge in [-0.1, -0.05) is 147 Å². The molecule has 0 spiro atoms. The van der Waals surface area contributed by atoms with Gasteiger partial charge >= 0.3 is 0 Å². The van der Waals surface area contributed by atoms with Gasteiger partial charge < -0.3 is 4.90 Å². The van der Waals surface area contributed by atoms with Gasteiger partial charge in [0.1, 0.15) is 0 Å². The van der Waals surface area contributed by atoms with Crippen LogP contribution in [0.25, 0.3) is 44.5 Å².